The maximum absolute atomic E-state index is 5.15. The van der Waals surface area contributed by atoms with Crippen molar-refractivity contribution >= 4 is 21.8 Å². The molecule has 2 aliphatic rings. The van der Waals surface area contributed by atoms with E-state index in [4.69, 9.17) is 10.1 Å². The minimum Gasteiger partial charge on any atom is -0.308 e. The van der Waals surface area contributed by atoms with Crippen LogP contribution in [0.4, 0.5) is 0 Å². The highest BCUT2D eigenvalue weighted by Gasteiger charge is 2.51. The lowest BCUT2D eigenvalue weighted by molar-refractivity contribution is 0.749. The topological polar surface area (TPSA) is 43.6 Å². The van der Waals surface area contributed by atoms with Crippen molar-refractivity contribution in [3.63, 3.8) is 0 Å². The summed E-state index contributed by atoms with van der Waals surface area (Å²) < 4.78 is 2.55. The molecule has 1 aliphatic heterocycles. The Morgan fingerprint density at radius 3 is 1.56 bits per heavy atom. The van der Waals surface area contributed by atoms with Crippen LogP contribution in [0.15, 0.2) is 218 Å². The van der Waals surface area contributed by atoms with Crippen LogP contribution in [0.5, 0.6) is 0 Å². The fourth-order valence-electron chi connectivity index (χ4n) is 10.6. The van der Waals surface area contributed by atoms with E-state index in [2.05, 4.69) is 180 Å². The SMILES string of the molecule is c1ccc(-c2nnc(-c3ccccc3-c3ccc(-c4cccc5c4-n4c6ccccc6c6cccc(c64)C54c5ccccc5-c5ccccc54)cc3)c(-c3ccccc3)n2)cc1. The Morgan fingerprint density at radius 2 is 0.839 bits per heavy atom. The predicted octanol–water partition coefficient (Wildman–Crippen LogP) is 14.0. The zero-order valence-electron chi connectivity index (χ0n) is 33.6. The van der Waals surface area contributed by atoms with Gasteiger partial charge in [-0.3, -0.25) is 0 Å². The van der Waals surface area contributed by atoms with Crippen molar-refractivity contribution < 1.29 is 0 Å². The fraction of sp³-hybridized carbons (Fsp3) is 0.0172. The zero-order chi connectivity index (χ0) is 40.8. The number of nitrogens with zero attached hydrogens (tertiary/aromatic N) is 4. The van der Waals surface area contributed by atoms with Crippen LogP contribution in [0, 0.1) is 0 Å². The smallest absolute Gasteiger partial charge is 0.182 e. The molecule has 4 heteroatoms. The van der Waals surface area contributed by atoms with E-state index < -0.39 is 5.41 Å². The molecule has 4 nitrogen and oxygen atoms in total. The highest BCUT2D eigenvalue weighted by atomic mass is 15.2. The zero-order valence-corrected chi connectivity index (χ0v) is 33.6. The largest absolute Gasteiger partial charge is 0.308 e. The first kappa shape index (κ1) is 34.6. The number of benzene rings is 9. The van der Waals surface area contributed by atoms with E-state index in [0.29, 0.717) is 5.82 Å². The Labute approximate surface area is 359 Å². The molecular weight excluding hydrogens is 753 g/mol. The monoisotopic (exact) mass is 788 g/mol. The molecule has 0 amide bonds. The number of hydrogen-bond acceptors (Lipinski definition) is 3. The maximum atomic E-state index is 5.15. The van der Waals surface area contributed by atoms with Crippen LogP contribution in [0.1, 0.15) is 22.3 Å². The van der Waals surface area contributed by atoms with Crippen molar-refractivity contribution in [2.24, 2.45) is 0 Å². The maximum Gasteiger partial charge on any atom is 0.182 e. The second kappa shape index (κ2) is 13.4. The first-order chi connectivity index (χ1) is 30.8. The van der Waals surface area contributed by atoms with Gasteiger partial charge in [-0.1, -0.05) is 212 Å². The number of aromatic nitrogens is 4. The van der Waals surface area contributed by atoms with Crippen LogP contribution in [-0.4, -0.2) is 19.7 Å². The van der Waals surface area contributed by atoms with Crippen molar-refractivity contribution in [3.8, 4) is 73.0 Å². The molecule has 1 spiro atoms. The lowest BCUT2D eigenvalue weighted by atomic mass is 9.65. The normalized spacial score (nSPS) is 13.0. The summed E-state index contributed by atoms with van der Waals surface area (Å²) >= 11 is 0. The quantitative estimate of drug-likeness (QED) is 0.174. The summed E-state index contributed by atoms with van der Waals surface area (Å²) in [4.78, 5) is 5.15. The Hall–Kier alpha value is -8.21. The van der Waals surface area contributed by atoms with Crippen LogP contribution < -0.4 is 0 Å². The molecule has 0 saturated carbocycles. The van der Waals surface area contributed by atoms with Gasteiger partial charge < -0.3 is 4.57 Å². The molecule has 1 aliphatic carbocycles. The van der Waals surface area contributed by atoms with Gasteiger partial charge >= 0.3 is 0 Å². The van der Waals surface area contributed by atoms with Gasteiger partial charge in [0, 0.05) is 33.0 Å². The van der Waals surface area contributed by atoms with Crippen molar-refractivity contribution in [2.45, 2.75) is 5.41 Å². The fourth-order valence-corrected chi connectivity index (χ4v) is 10.6. The molecule has 9 aromatic carbocycles. The Balaban J connectivity index is 1.01. The van der Waals surface area contributed by atoms with E-state index in [1.54, 1.807) is 0 Å². The van der Waals surface area contributed by atoms with Crippen molar-refractivity contribution in [1.82, 2.24) is 19.7 Å². The number of fused-ring (bicyclic) bond motifs is 12. The van der Waals surface area contributed by atoms with Gasteiger partial charge in [0.05, 0.1) is 22.1 Å². The summed E-state index contributed by atoms with van der Waals surface area (Å²) in [6.45, 7) is 0. The Kier molecular flexibility index (Phi) is 7.49. The molecule has 0 fully saturated rings. The third-order valence-corrected chi connectivity index (χ3v) is 13.2. The van der Waals surface area contributed by atoms with Gasteiger partial charge in [0.2, 0.25) is 0 Å². The predicted molar refractivity (Wildman–Crippen MR) is 252 cm³/mol. The van der Waals surface area contributed by atoms with Crippen LogP contribution in [0.25, 0.3) is 94.8 Å². The Morgan fingerprint density at radius 1 is 0.323 bits per heavy atom. The summed E-state index contributed by atoms with van der Waals surface area (Å²) in [5.41, 5.74) is 20.1. The second-order valence-corrected chi connectivity index (χ2v) is 16.3. The van der Waals surface area contributed by atoms with Crippen LogP contribution >= 0.6 is 0 Å². The van der Waals surface area contributed by atoms with E-state index in [1.807, 2.05) is 48.5 Å². The summed E-state index contributed by atoms with van der Waals surface area (Å²) in [5.74, 6) is 0.600. The summed E-state index contributed by atoms with van der Waals surface area (Å²) in [6.07, 6.45) is 0. The Bertz CT molecular complexity index is 3520. The summed E-state index contributed by atoms with van der Waals surface area (Å²) in [7, 11) is 0. The average Bonchev–Trinajstić information content (AvgIpc) is 3.85. The molecule has 0 N–H and O–H groups in total. The lowest BCUT2D eigenvalue weighted by Crippen LogP contribution is -2.33. The summed E-state index contributed by atoms with van der Waals surface area (Å²) in [5, 5.41) is 12.1. The average molecular weight is 789 g/mol. The van der Waals surface area contributed by atoms with Crippen molar-refractivity contribution in [1.29, 1.82) is 0 Å². The molecule has 13 rings (SSSR count). The van der Waals surface area contributed by atoms with E-state index >= 15 is 0 Å². The molecule has 0 bridgehead atoms. The van der Waals surface area contributed by atoms with Gasteiger partial charge in [0.1, 0.15) is 11.4 Å². The van der Waals surface area contributed by atoms with Gasteiger partial charge in [0.25, 0.3) is 0 Å². The number of rotatable bonds is 5. The molecule has 288 valence electrons. The second-order valence-electron chi connectivity index (χ2n) is 16.3. The van der Waals surface area contributed by atoms with E-state index in [0.717, 1.165) is 44.8 Å². The minimum atomic E-state index is -0.497. The van der Waals surface area contributed by atoms with Gasteiger partial charge in [-0.25, -0.2) is 4.98 Å². The minimum absolute atomic E-state index is 0.497. The molecule has 0 saturated heterocycles. The van der Waals surface area contributed by atoms with Crippen LogP contribution in [0.3, 0.4) is 0 Å². The molecule has 0 radical (unpaired) electrons. The molecular formula is C58H36N4. The van der Waals surface area contributed by atoms with Gasteiger partial charge in [-0.2, -0.15) is 0 Å². The van der Waals surface area contributed by atoms with Crippen molar-refractivity contribution in [2.75, 3.05) is 0 Å². The standard InChI is InChI=1S/C58H36N4/c1-3-17-39(18-4-1)53-54(60-61-57(59-53)40-19-5-2-6-20-40)46-25-8-7-21-41(46)37-33-35-38(36-34-37)42-26-15-30-50-55(42)62-52-32-14-11-24-45(52)47-27-16-31-51(56(47)62)58(50)48-28-12-9-22-43(48)44-23-10-13-29-49(44)58/h1-36H. The molecule has 0 atom stereocenters. The molecule has 3 heterocycles. The number of para-hydroxylation sites is 3. The highest BCUT2D eigenvalue weighted by Crippen LogP contribution is 2.61. The van der Waals surface area contributed by atoms with Crippen molar-refractivity contribution in [3.05, 3.63) is 241 Å². The molecule has 0 unspecified atom stereocenters. The third-order valence-electron chi connectivity index (χ3n) is 13.2. The van der Waals surface area contributed by atoms with Crippen LogP contribution in [0.2, 0.25) is 0 Å². The van der Waals surface area contributed by atoms with E-state index in [9.17, 15) is 0 Å². The first-order valence-corrected chi connectivity index (χ1v) is 21.2. The molecule has 11 aromatic rings. The van der Waals surface area contributed by atoms with Gasteiger partial charge in [-0.15, -0.1) is 10.2 Å². The highest BCUT2D eigenvalue weighted by molar-refractivity contribution is 6.13. The number of hydrogen-bond donors (Lipinski definition) is 0. The first-order valence-electron chi connectivity index (χ1n) is 21.2. The van der Waals surface area contributed by atoms with E-state index in [1.165, 1.54) is 66.4 Å². The van der Waals surface area contributed by atoms with Gasteiger partial charge in [0.15, 0.2) is 5.82 Å². The van der Waals surface area contributed by atoms with E-state index in [-0.39, 0.29) is 0 Å². The summed E-state index contributed by atoms with van der Waals surface area (Å²) in [6, 6.07) is 78.8. The lowest BCUT2D eigenvalue weighted by Gasteiger charge is -2.40. The third kappa shape index (κ3) is 4.80. The molecule has 62 heavy (non-hydrogen) atoms. The van der Waals surface area contributed by atoms with Crippen LogP contribution in [-0.2, 0) is 5.41 Å². The molecule has 2 aromatic heterocycles. The van der Waals surface area contributed by atoms with Gasteiger partial charge in [-0.05, 0) is 56.1 Å².